The molecule has 2 rings (SSSR count). The largest absolute Gasteiger partial charge is 0.292 e. The van der Waals surface area contributed by atoms with Crippen molar-refractivity contribution in [2.75, 3.05) is 6.54 Å². The van der Waals surface area contributed by atoms with Crippen molar-refractivity contribution in [3.05, 3.63) is 23.8 Å². The molecule has 0 amide bonds. The zero-order valence-electron chi connectivity index (χ0n) is 4.54. The lowest BCUT2D eigenvalue weighted by Gasteiger charge is -1.94. The first-order valence-electron chi connectivity index (χ1n) is 2.85. The van der Waals surface area contributed by atoms with Gasteiger partial charge < -0.3 is 0 Å². The molecule has 1 aliphatic carbocycles. The molecule has 1 nitrogen and oxygen atoms in total. The summed E-state index contributed by atoms with van der Waals surface area (Å²) in [6.07, 6.45) is 8.39. The van der Waals surface area contributed by atoms with Crippen LogP contribution in [0.25, 0.3) is 0 Å². The zero-order valence-corrected chi connectivity index (χ0v) is 4.54. The Balaban J connectivity index is 2.39. The Bertz CT molecular complexity index is 187. The normalized spacial score (nSPS) is 31.0. The van der Waals surface area contributed by atoms with E-state index >= 15 is 0 Å². The SMILES string of the molecule is C1=CC2CN=CC2=C1. The molecule has 0 saturated heterocycles. The van der Waals surface area contributed by atoms with Gasteiger partial charge in [-0.05, 0) is 5.57 Å². The van der Waals surface area contributed by atoms with Crippen LogP contribution in [-0.4, -0.2) is 12.8 Å². The minimum atomic E-state index is 0.634. The van der Waals surface area contributed by atoms with E-state index < -0.39 is 0 Å². The van der Waals surface area contributed by atoms with E-state index in [9.17, 15) is 0 Å². The van der Waals surface area contributed by atoms with Gasteiger partial charge in [0, 0.05) is 18.7 Å². The maximum absolute atomic E-state index is 4.12. The van der Waals surface area contributed by atoms with Crippen molar-refractivity contribution >= 4 is 6.21 Å². The van der Waals surface area contributed by atoms with E-state index in [1.54, 1.807) is 0 Å². The molecule has 0 radical (unpaired) electrons. The van der Waals surface area contributed by atoms with E-state index in [4.69, 9.17) is 0 Å². The second kappa shape index (κ2) is 1.31. The molecule has 0 aromatic carbocycles. The van der Waals surface area contributed by atoms with Crippen LogP contribution in [-0.2, 0) is 0 Å². The van der Waals surface area contributed by atoms with Gasteiger partial charge in [0.15, 0.2) is 0 Å². The Morgan fingerprint density at radius 1 is 1.62 bits per heavy atom. The fourth-order valence-electron chi connectivity index (χ4n) is 1.11. The topological polar surface area (TPSA) is 12.4 Å². The van der Waals surface area contributed by atoms with Crippen LogP contribution in [0.15, 0.2) is 28.8 Å². The third-order valence-corrected chi connectivity index (χ3v) is 1.60. The van der Waals surface area contributed by atoms with Crippen molar-refractivity contribution in [2.45, 2.75) is 0 Å². The Morgan fingerprint density at radius 2 is 2.62 bits per heavy atom. The van der Waals surface area contributed by atoms with Gasteiger partial charge in [-0.1, -0.05) is 18.2 Å². The van der Waals surface area contributed by atoms with Crippen LogP contribution in [0.4, 0.5) is 0 Å². The van der Waals surface area contributed by atoms with Gasteiger partial charge in [-0.15, -0.1) is 0 Å². The molecule has 1 atom stereocenters. The summed E-state index contributed by atoms with van der Waals surface area (Å²) in [7, 11) is 0. The molecule has 1 heterocycles. The molecule has 2 aliphatic rings. The number of fused-ring (bicyclic) bond motifs is 1. The number of rotatable bonds is 0. The van der Waals surface area contributed by atoms with E-state index in [0.717, 1.165) is 6.54 Å². The van der Waals surface area contributed by atoms with Gasteiger partial charge in [0.25, 0.3) is 0 Å². The van der Waals surface area contributed by atoms with Crippen molar-refractivity contribution in [1.29, 1.82) is 0 Å². The first-order chi connectivity index (χ1) is 3.97. The standard InChI is InChI=1S/C7H7N/c1-2-6-4-8-5-7(6)3-1/h1-4,7H,5H2. The molecular formula is C7H7N. The molecule has 0 aromatic heterocycles. The van der Waals surface area contributed by atoms with Gasteiger partial charge in [0.2, 0.25) is 0 Å². The monoisotopic (exact) mass is 105 g/mol. The van der Waals surface area contributed by atoms with Crippen molar-refractivity contribution in [1.82, 2.24) is 0 Å². The zero-order chi connectivity index (χ0) is 5.40. The summed E-state index contributed by atoms with van der Waals surface area (Å²) in [5, 5.41) is 0. The van der Waals surface area contributed by atoms with Gasteiger partial charge in [-0.3, -0.25) is 4.99 Å². The first-order valence-corrected chi connectivity index (χ1v) is 2.85. The van der Waals surface area contributed by atoms with E-state index in [-0.39, 0.29) is 0 Å². The first kappa shape index (κ1) is 4.07. The molecule has 1 unspecified atom stereocenters. The average Bonchev–Trinajstić information content (AvgIpc) is 2.15. The van der Waals surface area contributed by atoms with Crippen LogP contribution in [0.1, 0.15) is 0 Å². The lowest BCUT2D eigenvalue weighted by molar-refractivity contribution is 0.852. The van der Waals surface area contributed by atoms with Crippen LogP contribution in [0.5, 0.6) is 0 Å². The fraction of sp³-hybridized carbons (Fsp3) is 0.286. The highest BCUT2D eigenvalue weighted by Gasteiger charge is 2.15. The second-order valence-electron chi connectivity index (χ2n) is 2.15. The van der Waals surface area contributed by atoms with Crippen LogP contribution in [0.3, 0.4) is 0 Å². The Kier molecular flexibility index (Phi) is 0.668. The average molecular weight is 105 g/mol. The highest BCUT2D eigenvalue weighted by molar-refractivity contribution is 5.83. The molecule has 1 heteroatoms. The third kappa shape index (κ3) is 0.386. The molecule has 0 N–H and O–H groups in total. The van der Waals surface area contributed by atoms with Gasteiger partial charge >= 0.3 is 0 Å². The number of aliphatic imine (C=N–C) groups is 1. The number of hydrogen-bond donors (Lipinski definition) is 0. The Morgan fingerprint density at radius 3 is 3.50 bits per heavy atom. The van der Waals surface area contributed by atoms with Crippen molar-refractivity contribution < 1.29 is 0 Å². The summed E-state index contributed by atoms with van der Waals surface area (Å²) < 4.78 is 0. The number of allylic oxidation sites excluding steroid dienone is 2. The Hall–Kier alpha value is -0.850. The van der Waals surface area contributed by atoms with E-state index in [2.05, 4.69) is 23.2 Å². The quantitative estimate of drug-likeness (QED) is 0.438. The maximum atomic E-state index is 4.12. The number of nitrogens with zero attached hydrogens (tertiary/aromatic N) is 1. The van der Waals surface area contributed by atoms with Gasteiger partial charge in [-0.25, -0.2) is 0 Å². The predicted octanol–water partition coefficient (Wildman–Crippen LogP) is 1.18. The van der Waals surface area contributed by atoms with Crippen LogP contribution in [0.2, 0.25) is 0 Å². The summed E-state index contributed by atoms with van der Waals surface area (Å²) >= 11 is 0. The van der Waals surface area contributed by atoms with Gasteiger partial charge in [-0.2, -0.15) is 0 Å². The number of hydrogen-bond acceptors (Lipinski definition) is 1. The second-order valence-corrected chi connectivity index (χ2v) is 2.15. The third-order valence-electron chi connectivity index (χ3n) is 1.60. The minimum absolute atomic E-state index is 0.634. The fourth-order valence-corrected chi connectivity index (χ4v) is 1.11. The molecule has 0 spiro atoms. The molecule has 0 aromatic rings. The molecule has 8 heavy (non-hydrogen) atoms. The summed E-state index contributed by atoms with van der Waals surface area (Å²) in [5.41, 5.74) is 1.38. The highest BCUT2D eigenvalue weighted by Crippen LogP contribution is 2.21. The lowest BCUT2D eigenvalue weighted by Crippen LogP contribution is -1.93. The molecule has 0 bridgehead atoms. The van der Waals surface area contributed by atoms with Gasteiger partial charge in [0.1, 0.15) is 0 Å². The predicted molar refractivity (Wildman–Crippen MR) is 34.1 cm³/mol. The maximum Gasteiger partial charge on any atom is 0.0493 e. The molecule has 0 saturated carbocycles. The summed E-state index contributed by atoms with van der Waals surface area (Å²) in [6, 6.07) is 0. The molecular weight excluding hydrogens is 98.1 g/mol. The summed E-state index contributed by atoms with van der Waals surface area (Å²) in [6.45, 7) is 0.975. The van der Waals surface area contributed by atoms with Gasteiger partial charge in [0.05, 0.1) is 0 Å². The highest BCUT2D eigenvalue weighted by atomic mass is 14.7. The van der Waals surface area contributed by atoms with E-state index in [1.807, 2.05) is 6.21 Å². The van der Waals surface area contributed by atoms with Crippen molar-refractivity contribution in [2.24, 2.45) is 10.9 Å². The Labute approximate surface area is 48.4 Å². The van der Waals surface area contributed by atoms with Crippen molar-refractivity contribution in [3.8, 4) is 0 Å². The van der Waals surface area contributed by atoms with Crippen LogP contribution >= 0.6 is 0 Å². The van der Waals surface area contributed by atoms with E-state index in [1.165, 1.54) is 5.57 Å². The summed E-state index contributed by atoms with van der Waals surface area (Å²) in [5.74, 6) is 0.634. The molecule has 40 valence electrons. The smallest absolute Gasteiger partial charge is 0.0493 e. The summed E-state index contributed by atoms with van der Waals surface area (Å²) in [4.78, 5) is 4.12. The minimum Gasteiger partial charge on any atom is -0.292 e. The van der Waals surface area contributed by atoms with Crippen molar-refractivity contribution in [3.63, 3.8) is 0 Å². The van der Waals surface area contributed by atoms with Crippen LogP contribution < -0.4 is 0 Å². The van der Waals surface area contributed by atoms with E-state index in [0.29, 0.717) is 5.92 Å². The molecule has 1 aliphatic heterocycles. The lowest BCUT2D eigenvalue weighted by atomic mass is 10.1. The molecule has 0 fully saturated rings. The van der Waals surface area contributed by atoms with Crippen LogP contribution in [0, 0.1) is 5.92 Å².